The molecular weight excluding hydrogens is 427 g/mol. The van der Waals surface area contributed by atoms with Crippen LogP contribution in [0.15, 0.2) is 42.7 Å². The number of halogens is 2. The van der Waals surface area contributed by atoms with Gasteiger partial charge in [-0.2, -0.15) is 0 Å². The Morgan fingerprint density at radius 3 is 2.67 bits per heavy atom. The lowest BCUT2D eigenvalue weighted by molar-refractivity contribution is 0.0946. The van der Waals surface area contributed by atoms with Crippen molar-refractivity contribution in [1.82, 2.24) is 20.5 Å². The number of piperazine rings is 1. The monoisotopic (exact) mass is 456 g/mol. The second kappa shape index (κ2) is 14.0. The largest absolute Gasteiger partial charge is 0.490 e. The van der Waals surface area contributed by atoms with Crippen molar-refractivity contribution in [1.29, 1.82) is 0 Å². The number of ether oxygens (including phenoxy) is 2. The fourth-order valence-corrected chi connectivity index (χ4v) is 3.05. The van der Waals surface area contributed by atoms with Crippen molar-refractivity contribution in [2.45, 2.75) is 13.5 Å². The molecule has 30 heavy (non-hydrogen) atoms. The Morgan fingerprint density at radius 1 is 1.17 bits per heavy atom. The van der Waals surface area contributed by atoms with Crippen LogP contribution in [0.1, 0.15) is 22.8 Å². The number of aromatic nitrogens is 1. The average Bonchev–Trinajstić information content (AvgIpc) is 2.74. The molecule has 9 heteroatoms. The second-order valence-electron chi connectivity index (χ2n) is 6.59. The predicted molar refractivity (Wildman–Crippen MR) is 122 cm³/mol. The Morgan fingerprint density at radius 2 is 1.97 bits per heavy atom. The molecule has 0 saturated carbocycles. The second-order valence-corrected chi connectivity index (χ2v) is 6.59. The number of amides is 1. The third kappa shape index (κ3) is 7.99. The smallest absolute Gasteiger partial charge is 0.251 e. The van der Waals surface area contributed by atoms with Gasteiger partial charge in [0.25, 0.3) is 5.91 Å². The molecule has 2 heterocycles. The van der Waals surface area contributed by atoms with Gasteiger partial charge in [0.2, 0.25) is 0 Å². The summed E-state index contributed by atoms with van der Waals surface area (Å²) >= 11 is 0. The average molecular weight is 457 g/mol. The van der Waals surface area contributed by atoms with E-state index < -0.39 is 0 Å². The van der Waals surface area contributed by atoms with E-state index in [0.29, 0.717) is 36.8 Å². The highest BCUT2D eigenvalue weighted by molar-refractivity contribution is 5.94. The topological polar surface area (TPSA) is 75.7 Å². The number of carbonyl (C=O) groups excluding carboxylic acids is 1. The van der Waals surface area contributed by atoms with E-state index in [1.807, 2.05) is 19.1 Å². The highest BCUT2D eigenvalue weighted by atomic mass is 35.5. The zero-order valence-electron chi connectivity index (χ0n) is 17.1. The number of hydrogen-bond donors (Lipinski definition) is 2. The molecule has 1 aliphatic heterocycles. The Labute approximate surface area is 190 Å². The number of nitrogens with zero attached hydrogens (tertiary/aromatic N) is 2. The van der Waals surface area contributed by atoms with Crippen LogP contribution in [0.2, 0.25) is 0 Å². The lowest BCUT2D eigenvalue weighted by atomic mass is 10.2. The van der Waals surface area contributed by atoms with Gasteiger partial charge in [0.05, 0.1) is 6.61 Å². The van der Waals surface area contributed by atoms with Gasteiger partial charge in [-0.15, -0.1) is 24.8 Å². The molecule has 1 aromatic heterocycles. The summed E-state index contributed by atoms with van der Waals surface area (Å²) in [6.45, 7) is 8.34. The molecular formula is C21H30Cl2N4O3. The number of nitrogens with one attached hydrogen (secondary N) is 2. The molecule has 1 aromatic carbocycles. The van der Waals surface area contributed by atoms with E-state index in [-0.39, 0.29) is 30.7 Å². The first-order chi connectivity index (χ1) is 13.8. The molecule has 7 nitrogen and oxygen atoms in total. The minimum atomic E-state index is -0.102. The lowest BCUT2D eigenvalue weighted by Crippen LogP contribution is -2.46. The number of hydrogen-bond acceptors (Lipinski definition) is 6. The van der Waals surface area contributed by atoms with Gasteiger partial charge in [0, 0.05) is 62.8 Å². The molecule has 0 atom stereocenters. The first kappa shape index (κ1) is 26.0. The summed E-state index contributed by atoms with van der Waals surface area (Å²) in [5.41, 5.74) is 1.54. The van der Waals surface area contributed by atoms with E-state index in [2.05, 4.69) is 20.5 Å². The van der Waals surface area contributed by atoms with E-state index in [4.69, 9.17) is 9.47 Å². The summed E-state index contributed by atoms with van der Waals surface area (Å²) in [5, 5.41) is 6.31. The molecule has 1 aliphatic rings. The van der Waals surface area contributed by atoms with Gasteiger partial charge in [-0.1, -0.05) is 6.07 Å². The maximum Gasteiger partial charge on any atom is 0.251 e. The third-order valence-electron chi connectivity index (χ3n) is 4.55. The quantitative estimate of drug-likeness (QED) is 0.603. The van der Waals surface area contributed by atoms with Crippen molar-refractivity contribution in [3.8, 4) is 11.5 Å². The Balaban J connectivity index is 0.00000225. The zero-order valence-corrected chi connectivity index (χ0v) is 18.8. The van der Waals surface area contributed by atoms with E-state index >= 15 is 0 Å². The van der Waals surface area contributed by atoms with Crippen LogP contribution in [0.5, 0.6) is 11.5 Å². The van der Waals surface area contributed by atoms with Gasteiger partial charge in [-0.25, -0.2) is 0 Å². The zero-order chi connectivity index (χ0) is 19.6. The fourth-order valence-electron chi connectivity index (χ4n) is 3.05. The van der Waals surface area contributed by atoms with Crippen LogP contribution in [0.4, 0.5) is 0 Å². The van der Waals surface area contributed by atoms with Gasteiger partial charge in [0.15, 0.2) is 11.5 Å². The molecule has 1 fully saturated rings. The molecule has 166 valence electrons. The van der Waals surface area contributed by atoms with Gasteiger partial charge in [0.1, 0.15) is 6.61 Å². The van der Waals surface area contributed by atoms with Crippen LogP contribution in [0, 0.1) is 0 Å². The van der Waals surface area contributed by atoms with Crippen molar-refractivity contribution >= 4 is 30.7 Å². The van der Waals surface area contributed by atoms with Gasteiger partial charge >= 0.3 is 0 Å². The van der Waals surface area contributed by atoms with Crippen LogP contribution in [0.3, 0.4) is 0 Å². The summed E-state index contributed by atoms with van der Waals surface area (Å²) < 4.78 is 11.5. The molecule has 1 amide bonds. The summed E-state index contributed by atoms with van der Waals surface area (Å²) in [5.74, 6) is 1.08. The molecule has 2 N–H and O–H groups in total. The number of benzene rings is 1. The van der Waals surface area contributed by atoms with Gasteiger partial charge < -0.3 is 20.1 Å². The minimum absolute atomic E-state index is 0. The molecule has 3 rings (SSSR count). The number of pyridine rings is 1. The van der Waals surface area contributed by atoms with E-state index in [1.165, 1.54) is 0 Å². The number of carbonyl (C=O) groups is 1. The maximum atomic E-state index is 12.5. The molecule has 0 bridgehead atoms. The van der Waals surface area contributed by atoms with E-state index in [1.54, 1.807) is 30.6 Å². The summed E-state index contributed by atoms with van der Waals surface area (Å²) in [6.07, 6.45) is 3.49. The molecule has 2 aromatic rings. The first-order valence-corrected chi connectivity index (χ1v) is 9.76. The minimum Gasteiger partial charge on any atom is -0.490 e. The van der Waals surface area contributed by atoms with E-state index in [9.17, 15) is 4.79 Å². The van der Waals surface area contributed by atoms with Crippen molar-refractivity contribution in [2.75, 3.05) is 45.9 Å². The SMILES string of the molecule is CCOc1cc(C(=O)NCCN2CCNCC2)ccc1OCc1cccnc1.Cl.Cl. The Hall–Kier alpha value is -2.06. The van der Waals surface area contributed by atoms with Crippen LogP contribution < -0.4 is 20.1 Å². The van der Waals surface area contributed by atoms with Gasteiger partial charge in [-0.3, -0.25) is 14.7 Å². The normalized spacial score (nSPS) is 13.5. The molecule has 0 unspecified atom stereocenters. The standard InChI is InChI=1S/C21H28N4O3.2ClH/c1-2-27-20-14-18(21(26)24-10-13-25-11-8-22-9-12-25)5-6-19(20)28-16-17-4-3-7-23-15-17;;/h3-7,14-15,22H,2,8-13,16H2,1H3,(H,24,26);2*1H. The fraction of sp³-hybridized carbons (Fsp3) is 0.429. The lowest BCUT2D eigenvalue weighted by Gasteiger charge is -2.27. The van der Waals surface area contributed by atoms with Crippen LogP contribution >= 0.6 is 24.8 Å². The van der Waals surface area contributed by atoms with E-state index in [0.717, 1.165) is 38.3 Å². The molecule has 1 saturated heterocycles. The van der Waals surface area contributed by atoms with Crippen molar-refractivity contribution in [3.05, 3.63) is 53.9 Å². The van der Waals surface area contributed by atoms with Crippen LogP contribution in [-0.4, -0.2) is 61.7 Å². The Bertz CT molecular complexity index is 759. The highest BCUT2D eigenvalue weighted by Gasteiger charge is 2.13. The molecule has 0 radical (unpaired) electrons. The van der Waals surface area contributed by atoms with Gasteiger partial charge in [-0.05, 0) is 31.2 Å². The molecule has 0 aliphatic carbocycles. The third-order valence-corrected chi connectivity index (χ3v) is 4.55. The molecule has 0 spiro atoms. The van der Waals surface area contributed by atoms with Crippen LogP contribution in [0.25, 0.3) is 0 Å². The summed E-state index contributed by atoms with van der Waals surface area (Å²) in [7, 11) is 0. The van der Waals surface area contributed by atoms with Crippen LogP contribution in [-0.2, 0) is 6.61 Å². The Kier molecular flexibility index (Phi) is 12.2. The summed E-state index contributed by atoms with van der Waals surface area (Å²) in [6, 6.07) is 9.11. The summed E-state index contributed by atoms with van der Waals surface area (Å²) in [4.78, 5) is 18.9. The highest BCUT2D eigenvalue weighted by Crippen LogP contribution is 2.29. The van der Waals surface area contributed by atoms with Crippen molar-refractivity contribution < 1.29 is 14.3 Å². The maximum absolute atomic E-state index is 12.5. The number of rotatable bonds is 9. The first-order valence-electron chi connectivity index (χ1n) is 9.76. The predicted octanol–water partition coefficient (Wildman–Crippen LogP) is 2.54. The van der Waals surface area contributed by atoms with Crippen molar-refractivity contribution in [3.63, 3.8) is 0 Å². The van der Waals surface area contributed by atoms with Crippen molar-refractivity contribution in [2.24, 2.45) is 0 Å².